The molecule has 1 aliphatic rings. The Labute approximate surface area is 178 Å². The summed E-state index contributed by atoms with van der Waals surface area (Å²) in [5.41, 5.74) is 2.91. The molecule has 0 amide bonds. The van der Waals surface area contributed by atoms with Gasteiger partial charge in [0.25, 0.3) is 0 Å². The summed E-state index contributed by atoms with van der Waals surface area (Å²) in [7, 11) is 0. The van der Waals surface area contributed by atoms with Crippen LogP contribution in [0.1, 0.15) is 12.5 Å². The first-order valence-electron chi connectivity index (χ1n) is 10.5. The fraction of sp³-hybridized carbons (Fsp3) is 0.261. The number of para-hydroxylation sites is 1. The number of nitrogens with zero attached hydrogens (tertiary/aromatic N) is 6. The Morgan fingerprint density at radius 1 is 1.03 bits per heavy atom. The second kappa shape index (κ2) is 7.24. The zero-order chi connectivity index (χ0) is 20.8. The van der Waals surface area contributed by atoms with Gasteiger partial charge in [0.2, 0.25) is 11.8 Å². The van der Waals surface area contributed by atoms with Crippen molar-refractivity contribution in [2.75, 3.05) is 24.5 Å². The molecule has 1 aliphatic heterocycles. The lowest BCUT2D eigenvalue weighted by Gasteiger charge is -2.40. The zero-order valence-electron chi connectivity index (χ0n) is 17.2. The van der Waals surface area contributed by atoms with Crippen molar-refractivity contribution in [1.82, 2.24) is 24.5 Å². The Morgan fingerprint density at radius 3 is 2.77 bits per heavy atom. The molecule has 5 heterocycles. The van der Waals surface area contributed by atoms with Crippen LogP contribution >= 0.6 is 0 Å². The van der Waals surface area contributed by atoms with Crippen LogP contribution in [0.5, 0.6) is 0 Å². The molecule has 0 radical (unpaired) electrons. The second-order valence-electron chi connectivity index (χ2n) is 7.99. The third-order valence-corrected chi connectivity index (χ3v) is 5.98. The van der Waals surface area contributed by atoms with Crippen LogP contribution in [0.2, 0.25) is 0 Å². The van der Waals surface area contributed by atoms with Crippen LogP contribution in [0.4, 0.5) is 5.95 Å². The fourth-order valence-corrected chi connectivity index (χ4v) is 4.37. The van der Waals surface area contributed by atoms with Crippen LogP contribution in [0, 0.1) is 0 Å². The molecule has 0 N–H and O–H groups in total. The van der Waals surface area contributed by atoms with Gasteiger partial charge in [-0.05, 0) is 37.3 Å². The minimum Gasteiger partial charge on any atom is -0.472 e. The summed E-state index contributed by atoms with van der Waals surface area (Å²) >= 11 is 0. The number of furan rings is 2. The van der Waals surface area contributed by atoms with Gasteiger partial charge in [-0.25, -0.2) is 9.38 Å². The lowest BCUT2D eigenvalue weighted by atomic mass is 10.1. The molecule has 1 aromatic carbocycles. The number of piperazine rings is 1. The van der Waals surface area contributed by atoms with E-state index in [1.165, 1.54) is 5.56 Å². The maximum atomic E-state index is 5.65. The summed E-state index contributed by atoms with van der Waals surface area (Å²) in [6, 6.07) is 14.2. The Kier molecular flexibility index (Phi) is 4.24. The van der Waals surface area contributed by atoms with E-state index in [9.17, 15) is 0 Å². The Balaban J connectivity index is 1.42. The van der Waals surface area contributed by atoms with Gasteiger partial charge >= 0.3 is 0 Å². The summed E-state index contributed by atoms with van der Waals surface area (Å²) in [6.07, 6.45) is 5.20. The van der Waals surface area contributed by atoms with Crippen molar-refractivity contribution in [1.29, 1.82) is 0 Å². The molecule has 0 saturated carbocycles. The van der Waals surface area contributed by atoms with Crippen molar-refractivity contribution in [3.8, 4) is 11.6 Å². The number of fused-ring (bicyclic) bond motifs is 3. The Morgan fingerprint density at radius 2 is 1.97 bits per heavy atom. The molecule has 6 rings (SSSR count). The highest BCUT2D eigenvalue weighted by molar-refractivity contribution is 5.93. The van der Waals surface area contributed by atoms with Crippen molar-refractivity contribution in [3.63, 3.8) is 0 Å². The summed E-state index contributed by atoms with van der Waals surface area (Å²) in [6.45, 7) is 5.79. The Hall–Kier alpha value is -3.65. The van der Waals surface area contributed by atoms with Crippen LogP contribution < -0.4 is 4.90 Å². The first-order chi connectivity index (χ1) is 15.3. The third kappa shape index (κ3) is 3.07. The summed E-state index contributed by atoms with van der Waals surface area (Å²) in [5.74, 6) is 2.19. The number of benzene rings is 1. The van der Waals surface area contributed by atoms with E-state index in [1.54, 1.807) is 12.5 Å². The normalized spacial score (nSPS) is 17.7. The number of rotatable bonds is 4. The minimum absolute atomic E-state index is 0.357. The van der Waals surface area contributed by atoms with Crippen LogP contribution in [-0.4, -0.2) is 50.2 Å². The standard InChI is InChI=1S/C23H22N6O2/c1-16-13-28(10-9-27(16)14-17-8-12-30-15-17)23-24-19-6-3-2-5-18(19)21-25-26-22(29(21)23)20-7-4-11-31-20/h2-8,11-12,15-16H,9-10,13-14H2,1H3. The highest BCUT2D eigenvalue weighted by Gasteiger charge is 2.28. The zero-order valence-corrected chi connectivity index (χ0v) is 17.2. The Bertz CT molecular complexity index is 1330. The minimum atomic E-state index is 0.357. The maximum Gasteiger partial charge on any atom is 0.213 e. The predicted molar refractivity (Wildman–Crippen MR) is 117 cm³/mol. The van der Waals surface area contributed by atoms with Crippen LogP contribution in [0.25, 0.3) is 28.1 Å². The van der Waals surface area contributed by atoms with Crippen molar-refractivity contribution < 1.29 is 8.83 Å². The van der Waals surface area contributed by atoms with E-state index in [-0.39, 0.29) is 0 Å². The van der Waals surface area contributed by atoms with Crippen LogP contribution in [-0.2, 0) is 6.54 Å². The van der Waals surface area contributed by atoms with E-state index < -0.39 is 0 Å². The lowest BCUT2D eigenvalue weighted by Crippen LogP contribution is -2.52. The highest BCUT2D eigenvalue weighted by Crippen LogP contribution is 2.29. The molecule has 1 unspecified atom stereocenters. The van der Waals surface area contributed by atoms with Gasteiger partial charge in [-0.3, -0.25) is 4.90 Å². The van der Waals surface area contributed by atoms with E-state index in [4.69, 9.17) is 13.8 Å². The van der Waals surface area contributed by atoms with Crippen molar-refractivity contribution in [2.45, 2.75) is 19.5 Å². The molecular formula is C23H22N6O2. The average Bonchev–Trinajstić information content (AvgIpc) is 3.56. The van der Waals surface area contributed by atoms with Gasteiger partial charge < -0.3 is 13.7 Å². The second-order valence-corrected chi connectivity index (χ2v) is 7.99. The van der Waals surface area contributed by atoms with Gasteiger partial charge in [0.1, 0.15) is 0 Å². The van der Waals surface area contributed by atoms with E-state index in [0.717, 1.165) is 48.7 Å². The first kappa shape index (κ1) is 18.1. The predicted octanol–water partition coefficient (Wildman–Crippen LogP) is 3.84. The molecule has 8 nitrogen and oxygen atoms in total. The number of hydrogen-bond donors (Lipinski definition) is 0. The topological polar surface area (TPSA) is 75.8 Å². The van der Waals surface area contributed by atoms with E-state index in [0.29, 0.717) is 17.6 Å². The van der Waals surface area contributed by atoms with Gasteiger partial charge in [-0.1, -0.05) is 12.1 Å². The smallest absolute Gasteiger partial charge is 0.213 e. The average molecular weight is 414 g/mol. The molecular weight excluding hydrogens is 392 g/mol. The van der Waals surface area contributed by atoms with E-state index >= 15 is 0 Å². The number of anilines is 1. The summed E-state index contributed by atoms with van der Waals surface area (Å²) < 4.78 is 12.9. The number of hydrogen-bond acceptors (Lipinski definition) is 7. The third-order valence-electron chi connectivity index (χ3n) is 5.98. The van der Waals surface area contributed by atoms with Crippen LogP contribution in [0.15, 0.2) is 70.1 Å². The maximum absolute atomic E-state index is 5.65. The van der Waals surface area contributed by atoms with Gasteiger partial charge in [-0.2, -0.15) is 0 Å². The molecule has 0 spiro atoms. The van der Waals surface area contributed by atoms with Gasteiger partial charge in [0.15, 0.2) is 11.4 Å². The lowest BCUT2D eigenvalue weighted by molar-refractivity contribution is 0.179. The van der Waals surface area contributed by atoms with Gasteiger partial charge in [0, 0.05) is 43.2 Å². The van der Waals surface area contributed by atoms with Crippen molar-refractivity contribution in [2.24, 2.45) is 0 Å². The largest absolute Gasteiger partial charge is 0.472 e. The first-order valence-corrected chi connectivity index (χ1v) is 10.5. The SMILES string of the molecule is CC1CN(c2nc3ccccc3c3nnc(-c4ccco4)n23)CCN1Cc1ccoc1. The van der Waals surface area contributed by atoms with Gasteiger partial charge in [-0.15, -0.1) is 10.2 Å². The quantitative estimate of drug-likeness (QED) is 0.442. The van der Waals surface area contributed by atoms with E-state index in [1.807, 2.05) is 53.1 Å². The van der Waals surface area contributed by atoms with Crippen molar-refractivity contribution >= 4 is 22.5 Å². The monoisotopic (exact) mass is 414 g/mol. The van der Waals surface area contributed by atoms with Gasteiger partial charge in [0.05, 0.1) is 24.3 Å². The van der Waals surface area contributed by atoms with Crippen LogP contribution in [0.3, 0.4) is 0 Å². The molecule has 0 aliphatic carbocycles. The molecule has 31 heavy (non-hydrogen) atoms. The molecule has 0 bridgehead atoms. The summed E-state index contributed by atoms with van der Waals surface area (Å²) in [4.78, 5) is 9.84. The highest BCUT2D eigenvalue weighted by atomic mass is 16.3. The van der Waals surface area contributed by atoms with E-state index in [2.05, 4.69) is 26.9 Å². The molecule has 4 aromatic heterocycles. The molecule has 156 valence electrons. The fourth-order valence-electron chi connectivity index (χ4n) is 4.37. The summed E-state index contributed by atoms with van der Waals surface area (Å²) in [5, 5.41) is 9.94. The molecule has 8 heteroatoms. The van der Waals surface area contributed by atoms with Crippen molar-refractivity contribution in [3.05, 3.63) is 66.8 Å². The molecule has 1 fully saturated rings. The molecule has 5 aromatic rings. The molecule has 1 saturated heterocycles. The number of aromatic nitrogens is 4. The molecule has 1 atom stereocenters.